The average molecular weight is 285 g/mol. The SMILES string of the molecule is OCc1ccc(Sc2ccc(C(F)(F)F)cn2)cc1. The van der Waals surface area contributed by atoms with Crippen molar-refractivity contribution in [3.05, 3.63) is 53.7 Å². The Bertz CT molecular complexity index is 537. The van der Waals surface area contributed by atoms with Crippen LogP contribution in [0.25, 0.3) is 0 Å². The molecular weight excluding hydrogens is 275 g/mol. The molecule has 0 aliphatic carbocycles. The van der Waals surface area contributed by atoms with E-state index in [2.05, 4.69) is 4.98 Å². The molecule has 0 saturated carbocycles. The summed E-state index contributed by atoms with van der Waals surface area (Å²) in [7, 11) is 0. The summed E-state index contributed by atoms with van der Waals surface area (Å²) >= 11 is 1.27. The molecule has 2 aromatic rings. The highest BCUT2D eigenvalue weighted by Gasteiger charge is 2.30. The molecule has 0 fully saturated rings. The summed E-state index contributed by atoms with van der Waals surface area (Å²) in [5.41, 5.74) is 0.0252. The molecule has 0 amide bonds. The minimum Gasteiger partial charge on any atom is -0.392 e. The van der Waals surface area contributed by atoms with Crippen molar-refractivity contribution in [3.63, 3.8) is 0 Å². The molecule has 0 unspecified atom stereocenters. The van der Waals surface area contributed by atoms with Gasteiger partial charge in [0.05, 0.1) is 12.2 Å². The number of pyridine rings is 1. The van der Waals surface area contributed by atoms with E-state index < -0.39 is 11.7 Å². The van der Waals surface area contributed by atoms with Gasteiger partial charge in [-0.15, -0.1) is 0 Å². The number of hydrogen-bond acceptors (Lipinski definition) is 3. The Labute approximate surface area is 112 Å². The highest BCUT2D eigenvalue weighted by molar-refractivity contribution is 7.99. The maximum absolute atomic E-state index is 12.4. The molecule has 6 heteroatoms. The zero-order valence-corrected chi connectivity index (χ0v) is 10.5. The van der Waals surface area contributed by atoms with Crippen molar-refractivity contribution in [2.45, 2.75) is 22.7 Å². The number of aromatic nitrogens is 1. The van der Waals surface area contributed by atoms with Crippen molar-refractivity contribution < 1.29 is 18.3 Å². The predicted molar refractivity (Wildman–Crippen MR) is 65.7 cm³/mol. The van der Waals surface area contributed by atoms with Gasteiger partial charge >= 0.3 is 6.18 Å². The maximum atomic E-state index is 12.4. The van der Waals surface area contributed by atoms with Crippen LogP contribution in [0.1, 0.15) is 11.1 Å². The summed E-state index contributed by atoms with van der Waals surface area (Å²) in [5.74, 6) is 0. The highest BCUT2D eigenvalue weighted by atomic mass is 32.2. The lowest BCUT2D eigenvalue weighted by atomic mass is 10.2. The van der Waals surface area contributed by atoms with E-state index in [4.69, 9.17) is 5.11 Å². The van der Waals surface area contributed by atoms with Gasteiger partial charge in [-0.2, -0.15) is 13.2 Å². The molecule has 19 heavy (non-hydrogen) atoms. The molecule has 1 N–H and O–H groups in total. The van der Waals surface area contributed by atoms with Crippen molar-refractivity contribution in [2.24, 2.45) is 0 Å². The number of halogens is 3. The fraction of sp³-hybridized carbons (Fsp3) is 0.154. The first-order valence-electron chi connectivity index (χ1n) is 5.40. The number of hydrogen-bond donors (Lipinski definition) is 1. The van der Waals surface area contributed by atoms with Crippen LogP contribution in [-0.4, -0.2) is 10.1 Å². The lowest BCUT2D eigenvalue weighted by molar-refractivity contribution is -0.137. The molecular formula is C13H10F3NOS. The van der Waals surface area contributed by atoms with Gasteiger partial charge < -0.3 is 5.11 Å². The Morgan fingerprint density at radius 2 is 1.74 bits per heavy atom. The van der Waals surface area contributed by atoms with E-state index in [-0.39, 0.29) is 6.61 Å². The van der Waals surface area contributed by atoms with Crippen LogP contribution in [0, 0.1) is 0 Å². The summed E-state index contributed by atoms with van der Waals surface area (Å²) in [4.78, 5) is 4.63. The highest BCUT2D eigenvalue weighted by Crippen LogP contribution is 2.31. The predicted octanol–water partition coefficient (Wildman–Crippen LogP) is 3.74. The first-order chi connectivity index (χ1) is 8.99. The largest absolute Gasteiger partial charge is 0.417 e. The molecule has 0 bridgehead atoms. The number of aliphatic hydroxyl groups is 1. The molecule has 1 heterocycles. The van der Waals surface area contributed by atoms with E-state index in [1.807, 2.05) is 0 Å². The Kier molecular flexibility index (Phi) is 4.11. The molecule has 0 aliphatic rings. The number of nitrogens with zero attached hydrogens (tertiary/aromatic N) is 1. The molecule has 0 aliphatic heterocycles. The van der Waals surface area contributed by atoms with Crippen LogP contribution in [0.4, 0.5) is 13.2 Å². The van der Waals surface area contributed by atoms with Crippen LogP contribution in [0.5, 0.6) is 0 Å². The smallest absolute Gasteiger partial charge is 0.392 e. The third-order valence-electron chi connectivity index (χ3n) is 2.39. The lowest BCUT2D eigenvalue weighted by Gasteiger charge is -2.06. The van der Waals surface area contributed by atoms with E-state index in [0.717, 1.165) is 22.7 Å². The van der Waals surface area contributed by atoms with Crippen LogP contribution >= 0.6 is 11.8 Å². The normalized spacial score (nSPS) is 11.6. The van der Waals surface area contributed by atoms with E-state index >= 15 is 0 Å². The van der Waals surface area contributed by atoms with E-state index in [1.54, 1.807) is 24.3 Å². The number of alkyl halides is 3. The molecule has 100 valence electrons. The third kappa shape index (κ3) is 3.71. The average Bonchev–Trinajstić information content (AvgIpc) is 2.39. The van der Waals surface area contributed by atoms with Crippen molar-refractivity contribution in [3.8, 4) is 0 Å². The van der Waals surface area contributed by atoms with E-state index in [1.165, 1.54) is 17.8 Å². The zero-order valence-electron chi connectivity index (χ0n) is 9.69. The van der Waals surface area contributed by atoms with Crippen LogP contribution in [-0.2, 0) is 12.8 Å². The fourth-order valence-corrected chi connectivity index (χ4v) is 2.15. The first kappa shape index (κ1) is 13.9. The van der Waals surface area contributed by atoms with Gasteiger partial charge in [0, 0.05) is 11.1 Å². The van der Waals surface area contributed by atoms with Gasteiger partial charge in [-0.3, -0.25) is 0 Å². The number of rotatable bonds is 3. The molecule has 1 aromatic heterocycles. The number of aliphatic hydroxyl groups excluding tert-OH is 1. The molecule has 0 spiro atoms. The Morgan fingerprint density at radius 3 is 2.21 bits per heavy atom. The Balaban J connectivity index is 2.10. The summed E-state index contributed by atoms with van der Waals surface area (Å²) < 4.78 is 37.1. The van der Waals surface area contributed by atoms with Gasteiger partial charge in [0.15, 0.2) is 0 Å². The van der Waals surface area contributed by atoms with Gasteiger partial charge in [0.1, 0.15) is 5.03 Å². The van der Waals surface area contributed by atoms with Crippen LogP contribution in [0.3, 0.4) is 0 Å². The minimum atomic E-state index is -4.36. The summed E-state index contributed by atoms with van der Waals surface area (Å²) in [5, 5.41) is 9.39. The van der Waals surface area contributed by atoms with Gasteiger partial charge in [0.2, 0.25) is 0 Å². The molecule has 2 rings (SSSR count). The monoisotopic (exact) mass is 285 g/mol. The zero-order chi connectivity index (χ0) is 13.9. The Morgan fingerprint density at radius 1 is 1.05 bits per heavy atom. The first-order valence-corrected chi connectivity index (χ1v) is 6.21. The van der Waals surface area contributed by atoms with Crippen LogP contribution in [0.15, 0.2) is 52.5 Å². The summed E-state index contributed by atoms with van der Waals surface area (Å²) in [6.07, 6.45) is -3.54. The topological polar surface area (TPSA) is 33.1 Å². The number of benzene rings is 1. The second kappa shape index (κ2) is 5.63. The molecule has 2 nitrogen and oxygen atoms in total. The van der Waals surface area contributed by atoms with Crippen molar-refractivity contribution >= 4 is 11.8 Å². The maximum Gasteiger partial charge on any atom is 0.417 e. The molecule has 1 aromatic carbocycles. The van der Waals surface area contributed by atoms with E-state index in [9.17, 15) is 13.2 Å². The quantitative estimate of drug-likeness (QED) is 0.932. The third-order valence-corrected chi connectivity index (χ3v) is 3.35. The van der Waals surface area contributed by atoms with Gasteiger partial charge in [0.25, 0.3) is 0 Å². The van der Waals surface area contributed by atoms with Crippen molar-refractivity contribution in [2.75, 3.05) is 0 Å². The summed E-state index contributed by atoms with van der Waals surface area (Å²) in [6.45, 7) is -0.0382. The minimum absolute atomic E-state index is 0.0382. The molecule has 0 atom stereocenters. The van der Waals surface area contributed by atoms with Gasteiger partial charge in [-0.05, 0) is 29.8 Å². The van der Waals surface area contributed by atoms with Gasteiger partial charge in [-0.1, -0.05) is 23.9 Å². The fourth-order valence-electron chi connectivity index (χ4n) is 1.39. The van der Waals surface area contributed by atoms with Crippen molar-refractivity contribution in [1.29, 1.82) is 0 Å². The molecule has 0 radical (unpaired) electrons. The second-order valence-corrected chi connectivity index (χ2v) is 4.88. The van der Waals surface area contributed by atoms with Gasteiger partial charge in [-0.25, -0.2) is 4.98 Å². The lowest BCUT2D eigenvalue weighted by Crippen LogP contribution is -2.04. The van der Waals surface area contributed by atoms with Crippen molar-refractivity contribution in [1.82, 2.24) is 4.98 Å². The Hall–Kier alpha value is -1.53. The van der Waals surface area contributed by atoms with Crippen LogP contribution in [0.2, 0.25) is 0 Å². The second-order valence-electron chi connectivity index (χ2n) is 3.79. The van der Waals surface area contributed by atoms with Crippen LogP contribution < -0.4 is 0 Å². The standard InChI is InChI=1S/C13H10F3NOS/c14-13(15,16)10-3-6-12(17-7-10)19-11-4-1-9(8-18)2-5-11/h1-7,18H,8H2. The summed E-state index contributed by atoms with van der Waals surface area (Å²) in [6, 6.07) is 9.44. The van der Waals surface area contributed by atoms with E-state index in [0.29, 0.717) is 5.03 Å². The molecule has 0 saturated heterocycles.